The minimum absolute atomic E-state index is 0.183. The molecule has 1 unspecified atom stereocenters. The van der Waals surface area contributed by atoms with Crippen molar-refractivity contribution in [2.45, 2.75) is 108 Å². The zero-order chi connectivity index (χ0) is 32.1. The van der Waals surface area contributed by atoms with Crippen LogP contribution in [-0.2, 0) is 38.0 Å². The fraction of sp³-hybridized carbons (Fsp3) is 0.607. The quantitative estimate of drug-likeness (QED) is 0.216. The molecule has 0 aliphatic carbocycles. The predicted octanol–water partition coefficient (Wildman–Crippen LogP) is 3.13. The average Bonchev–Trinajstić information content (AvgIpc) is 3.80. The molecule has 0 amide bonds. The smallest absolute Gasteiger partial charge is 0.302 e. The minimum atomic E-state index is -0.947. The molecule has 16 nitrogen and oxygen atoms in total. The predicted molar refractivity (Wildman–Crippen MR) is 156 cm³/mol. The Morgan fingerprint density at radius 1 is 0.783 bits per heavy atom. The lowest BCUT2D eigenvalue weighted by Crippen LogP contribution is -2.44. The van der Waals surface area contributed by atoms with E-state index < -0.39 is 72.7 Å². The highest BCUT2D eigenvalue weighted by atomic mass is 35.5. The molecule has 0 spiro atoms. The van der Waals surface area contributed by atoms with Crippen LogP contribution in [0.4, 0.5) is 0 Å². The van der Waals surface area contributed by atoms with Crippen LogP contribution in [0.2, 0.25) is 10.3 Å². The molecule has 4 aliphatic rings. The van der Waals surface area contributed by atoms with Crippen LogP contribution in [0.1, 0.15) is 53.5 Å². The first-order chi connectivity index (χ1) is 21.9. The van der Waals surface area contributed by atoms with Gasteiger partial charge in [-0.15, -0.1) is 0 Å². The molecule has 9 atom stereocenters. The van der Waals surface area contributed by atoms with E-state index >= 15 is 0 Å². The second-order valence-electron chi connectivity index (χ2n) is 12.5. The van der Waals surface area contributed by atoms with Gasteiger partial charge in [-0.25, -0.2) is 29.9 Å². The fourth-order valence-electron chi connectivity index (χ4n) is 6.91. The van der Waals surface area contributed by atoms with E-state index in [-0.39, 0.29) is 16.7 Å². The number of carbonyl (C=O) groups excluding carboxylic acids is 1. The second kappa shape index (κ2) is 10.7. The van der Waals surface area contributed by atoms with Gasteiger partial charge in [0.1, 0.15) is 60.3 Å². The van der Waals surface area contributed by atoms with Crippen molar-refractivity contribution in [3.8, 4) is 0 Å². The number of halogens is 2. The first kappa shape index (κ1) is 30.3. The summed E-state index contributed by atoms with van der Waals surface area (Å²) < 4.78 is 48.1. The number of carbonyl (C=O) groups is 1. The third kappa shape index (κ3) is 4.93. The normalized spacial score (nSPS) is 33.5. The highest BCUT2D eigenvalue weighted by molar-refractivity contribution is 6.33. The van der Waals surface area contributed by atoms with Crippen molar-refractivity contribution >= 4 is 51.5 Å². The third-order valence-corrected chi connectivity index (χ3v) is 9.07. The number of aromatic nitrogens is 8. The molecule has 18 heteroatoms. The number of ether oxygens (including phenoxy) is 7. The number of rotatable bonds is 6. The number of esters is 1. The Morgan fingerprint density at radius 3 is 1.85 bits per heavy atom. The van der Waals surface area contributed by atoms with Gasteiger partial charge in [0.15, 0.2) is 45.6 Å². The van der Waals surface area contributed by atoms with Gasteiger partial charge in [-0.05, 0) is 27.7 Å². The van der Waals surface area contributed by atoms with Crippen molar-refractivity contribution in [3.05, 3.63) is 35.6 Å². The van der Waals surface area contributed by atoms with Gasteiger partial charge < -0.3 is 33.2 Å². The Bertz CT molecular complexity index is 1840. The maximum absolute atomic E-state index is 12.6. The van der Waals surface area contributed by atoms with Crippen LogP contribution in [0.15, 0.2) is 25.3 Å². The lowest BCUT2D eigenvalue weighted by Gasteiger charge is -2.31. The summed E-state index contributed by atoms with van der Waals surface area (Å²) in [5, 5.41) is 0.428. The number of fused-ring (bicyclic) bond motifs is 4. The summed E-state index contributed by atoms with van der Waals surface area (Å²) in [5.74, 6) is -2.35. The minimum Gasteiger partial charge on any atom is -0.460 e. The average molecular weight is 678 g/mol. The summed E-state index contributed by atoms with van der Waals surface area (Å²) >= 11 is 12.6. The topological polar surface area (TPSA) is 169 Å². The lowest BCUT2D eigenvalue weighted by atomic mass is 9.97. The molecule has 4 aromatic rings. The molecular formula is C28H30Cl2N8O8. The van der Waals surface area contributed by atoms with Gasteiger partial charge in [-0.3, -0.25) is 13.9 Å². The molecule has 4 aromatic heterocycles. The van der Waals surface area contributed by atoms with Crippen molar-refractivity contribution in [3.63, 3.8) is 0 Å². The molecule has 244 valence electrons. The van der Waals surface area contributed by atoms with Crippen molar-refractivity contribution in [2.75, 3.05) is 0 Å². The Morgan fingerprint density at radius 2 is 1.28 bits per heavy atom. The van der Waals surface area contributed by atoms with Crippen molar-refractivity contribution in [1.82, 2.24) is 39.0 Å². The molecule has 4 saturated heterocycles. The Hall–Kier alpha value is -3.09. The largest absolute Gasteiger partial charge is 0.460 e. The standard InChI is InChI=1S/C28H30Cl2N8O8/c1-11(39)40-12(16-18-20(46-28(4,5)44-18)26(42-16)38-10-36-15-22(30)32-8-34-24(15)38)6-13-17-19(45-27(2,3)43-17)25(41-13)37-9-35-14-21(29)31-7-33-23(14)37/h7-10,12-13,16-20,25-26H,6H2,1-5H3/t12?,13-,16-,17-,18-,19-,20-,25-,26-/m1/s1. The van der Waals surface area contributed by atoms with E-state index in [1.165, 1.54) is 19.6 Å². The number of hydrogen-bond acceptors (Lipinski definition) is 14. The third-order valence-electron chi connectivity index (χ3n) is 8.52. The van der Waals surface area contributed by atoms with Crippen molar-refractivity contribution < 1.29 is 38.0 Å². The highest BCUT2D eigenvalue weighted by Crippen LogP contribution is 2.49. The monoisotopic (exact) mass is 676 g/mol. The van der Waals surface area contributed by atoms with E-state index in [4.69, 9.17) is 56.4 Å². The molecule has 4 aliphatic heterocycles. The van der Waals surface area contributed by atoms with Crippen LogP contribution in [-0.4, -0.2) is 99.3 Å². The van der Waals surface area contributed by atoms with Gasteiger partial charge in [0, 0.05) is 13.3 Å². The number of hydrogen-bond donors (Lipinski definition) is 0. The van der Waals surface area contributed by atoms with Crippen LogP contribution < -0.4 is 0 Å². The van der Waals surface area contributed by atoms with Crippen LogP contribution >= 0.6 is 23.2 Å². The molecule has 0 aromatic carbocycles. The van der Waals surface area contributed by atoms with Crippen LogP contribution in [0.25, 0.3) is 22.3 Å². The van der Waals surface area contributed by atoms with E-state index in [2.05, 4.69) is 29.9 Å². The molecule has 4 fully saturated rings. The van der Waals surface area contributed by atoms with Gasteiger partial charge in [0.2, 0.25) is 0 Å². The summed E-state index contributed by atoms with van der Waals surface area (Å²) in [7, 11) is 0. The lowest BCUT2D eigenvalue weighted by molar-refractivity contribution is -0.219. The Labute approximate surface area is 271 Å². The maximum Gasteiger partial charge on any atom is 0.302 e. The van der Waals surface area contributed by atoms with Crippen LogP contribution in [0, 0.1) is 0 Å². The first-order valence-electron chi connectivity index (χ1n) is 14.7. The van der Waals surface area contributed by atoms with Gasteiger partial charge in [0.05, 0.1) is 18.8 Å². The summed E-state index contributed by atoms with van der Waals surface area (Å²) in [4.78, 5) is 38.1. The van der Waals surface area contributed by atoms with Gasteiger partial charge >= 0.3 is 5.97 Å². The van der Waals surface area contributed by atoms with Gasteiger partial charge in [-0.2, -0.15) is 0 Å². The molecule has 0 N–H and O–H groups in total. The van der Waals surface area contributed by atoms with Gasteiger partial charge in [-0.1, -0.05) is 23.2 Å². The maximum atomic E-state index is 12.6. The summed E-state index contributed by atoms with van der Waals surface area (Å²) in [6.07, 6.45) is 0.122. The molecular weight excluding hydrogens is 647 g/mol. The number of nitrogens with zero attached hydrogens (tertiary/aromatic N) is 8. The van der Waals surface area contributed by atoms with Crippen molar-refractivity contribution in [2.24, 2.45) is 0 Å². The van der Waals surface area contributed by atoms with E-state index in [0.717, 1.165) is 0 Å². The Kier molecular flexibility index (Phi) is 7.05. The summed E-state index contributed by atoms with van der Waals surface area (Å²) in [6.45, 7) is 8.64. The van der Waals surface area contributed by atoms with E-state index in [1.807, 2.05) is 27.7 Å². The second-order valence-corrected chi connectivity index (χ2v) is 13.3. The molecule has 8 heterocycles. The molecule has 0 bridgehead atoms. The molecule has 0 saturated carbocycles. The highest BCUT2D eigenvalue weighted by Gasteiger charge is 2.61. The first-order valence-corrected chi connectivity index (χ1v) is 15.5. The fourth-order valence-corrected chi connectivity index (χ4v) is 7.27. The molecule has 8 rings (SSSR count). The SMILES string of the molecule is CC(=O)OC(C[C@H]1O[C@@H](n2cnc3c(Cl)ncnc32)[C@@H]2OC(C)(C)O[C@@H]21)[C@H]1O[C@@H](n2cnc3c(Cl)ncnc32)[C@@H]2OC(C)(C)O[C@@H]21. The zero-order valence-corrected chi connectivity index (χ0v) is 26.8. The molecule has 46 heavy (non-hydrogen) atoms. The molecule has 0 radical (unpaired) electrons. The van der Waals surface area contributed by atoms with E-state index in [9.17, 15) is 4.79 Å². The number of imidazole rings is 2. The van der Waals surface area contributed by atoms with Gasteiger partial charge in [0.25, 0.3) is 0 Å². The van der Waals surface area contributed by atoms with E-state index in [1.54, 1.807) is 21.8 Å². The Balaban J connectivity index is 1.13. The van der Waals surface area contributed by atoms with Crippen LogP contribution in [0.3, 0.4) is 0 Å². The zero-order valence-electron chi connectivity index (χ0n) is 25.3. The van der Waals surface area contributed by atoms with Crippen molar-refractivity contribution in [1.29, 1.82) is 0 Å². The van der Waals surface area contributed by atoms with E-state index in [0.29, 0.717) is 22.3 Å². The summed E-state index contributed by atoms with van der Waals surface area (Å²) in [5.41, 5.74) is 1.79. The van der Waals surface area contributed by atoms with Crippen LogP contribution in [0.5, 0.6) is 0 Å². The summed E-state index contributed by atoms with van der Waals surface area (Å²) in [6, 6.07) is 0.